The molecule has 1 rings (SSSR count). The third kappa shape index (κ3) is 1.29. The summed E-state index contributed by atoms with van der Waals surface area (Å²) in [5, 5.41) is 0. The highest BCUT2D eigenvalue weighted by Crippen LogP contribution is 2.13. The van der Waals surface area contributed by atoms with Crippen molar-refractivity contribution in [2.24, 2.45) is 5.92 Å². The zero-order chi connectivity index (χ0) is 9.30. The molecule has 1 unspecified atom stereocenters. The molecule has 0 aromatic carbocycles. The lowest BCUT2D eigenvalue weighted by Gasteiger charge is -2.34. The Labute approximate surface area is 72.1 Å². The number of imide groups is 1. The van der Waals surface area contributed by atoms with Crippen LogP contribution in [0.5, 0.6) is 0 Å². The van der Waals surface area contributed by atoms with Crippen LogP contribution in [0.1, 0.15) is 13.8 Å². The summed E-state index contributed by atoms with van der Waals surface area (Å²) in [6.45, 7) is 4.65. The molecule has 1 saturated heterocycles. The molecule has 4 nitrogen and oxygen atoms in total. The van der Waals surface area contributed by atoms with Gasteiger partial charge in [0.2, 0.25) is 5.91 Å². The Morgan fingerprint density at radius 3 is 2.58 bits per heavy atom. The van der Waals surface area contributed by atoms with Gasteiger partial charge in [0.05, 0.1) is 5.92 Å². The SMILES string of the molecule is CCN1C(=O)C(C)CN(C)C1=O. The molecule has 0 aromatic rings. The Hall–Kier alpha value is -1.06. The van der Waals surface area contributed by atoms with Crippen LogP contribution in [0.4, 0.5) is 4.79 Å². The number of carbonyl (C=O) groups is 2. The minimum Gasteiger partial charge on any atom is -0.327 e. The molecule has 0 radical (unpaired) electrons. The summed E-state index contributed by atoms with van der Waals surface area (Å²) in [7, 11) is 1.72. The number of rotatable bonds is 1. The van der Waals surface area contributed by atoms with Gasteiger partial charge in [0.15, 0.2) is 0 Å². The van der Waals surface area contributed by atoms with E-state index in [1.54, 1.807) is 11.9 Å². The van der Waals surface area contributed by atoms with Crippen LogP contribution in [0.15, 0.2) is 0 Å². The van der Waals surface area contributed by atoms with E-state index in [2.05, 4.69) is 0 Å². The standard InChI is InChI=1S/C8H14N2O2/c1-4-10-7(11)6(2)5-9(3)8(10)12/h6H,4-5H2,1-3H3. The fraction of sp³-hybridized carbons (Fsp3) is 0.750. The van der Waals surface area contributed by atoms with Crippen LogP contribution in [0, 0.1) is 5.92 Å². The summed E-state index contributed by atoms with van der Waals surface area (Å²) in [6.07, 6.45) is 0. The Morgan fingerprint density at radius 1 is 1.50 bits per heavy atom. The second-order valence-electron chi connectivity index (χ2n) is 3.15. The molecule has 3 amide bonds. The number of urea groups is 1. The molecule has 68 valence electrons. The van der Waals surface area contributed by atoms with Gasteiger partial charge in [-0.2, -0.15) is 0 Å². The maximum absolute atomic E-state index is 11.4. The average molecular weight is 170 g/mol. The van der Waals surface area contributed by atoms with Gasteiger partial charge in [-0.1, -0.05) is 6.92 Å². The molecule has 4 heteroatoms. The van der Waals surface area contributed by atoms with Crippen LogP contribution >= 0.6 is 0 Å². The summed E-state index contributed by atoms with van der Waals surface area (Å²) in [4.78, 5) is 25.6. The van der Waals surface area contributed by atoms with Gasteiger partial charge >= 0.3 is 6.03 Å². The zero-order valence-electron chi connectivity index (χ0n) is 7.70. The summed E-state index contributed by atoms with van der Waals surface area (Å²) >= 11 is 0. The number of hydrogen-bond acceptors (Lipinski definition) is 2. The quantitative estimate of drug-likeness (QED) is 0.576. The fourth-order valence-corrected chi connectivity index (χ4v) is 1.42. The van der Waals surface area contributed by atoms with Gasteiger partial charge < -0.3 is 4.90 Å². The van der Waals surface area contributed by atoms with Gasteiger partial charge in [-0.05, 0) is 6.92 Å². The number of hydrogen-bond donors (Lipinski definition) is 0. The zero-order valence-corrected chi connectivity index (χ0v) is 7.70. The van der Waals surface area contributed by atoms with Crippen LogP contribution < -0.4 is 0 Å². The number of nitrogens with zero attached hydrogens (tertiary/aromatic N) is 2. The highest BCUT2D eigenvalue weighted by molar-refractivity contribution is 5.97. The number of carbonyl (C=O) groups excluding carboxylic acids is 2. The van der Waals surface area contributed by atoms with Gasteiger partial charge in [0.25, 0.3) is 0 Å². The molecule has 0 bridgehead atoms. The van der Waals surface area contributed by atoms with Crippen molar-refractivity contribution in [3.8, 4) is 0 Å². The minimum atomic E-state index is -0.180. The molecule has 0 aromatic heterocycles. The van der Waals surface area contributed by atoms with E-state index in [-0.39, 0.29) is 17.9 Å². The third-order valence-corrected chi connectivity index (χ3v) is 2.11. The van der Waals surface area contributed by atoms with E-state index in [0.29, 0.717) is 13.1 Å². The summed E-state index contributed by atoms with van der Waals surface area (Å²) in [5.74, 6) is -0.117. The first-order valence-electron chi connectivity index (χ1n) is 4.14. The molecule has 1 heterocycles. The largest absolute Gasteiger partial charge is 0.327 e. The van der Waals surface area contributed by atoms with E-state index < -0.39 is 0 Å². The Morgan fingerprint density at radius 2 is 2.08 bits per heavy atom. The summed E-state index contributed by atoms with van der Waals surface area (Å²) in [5.41, 5.74) is 0. The van der Waals surface area contributed by atoms with Crippen LogP contribution in [-0.2, 0) is 4.79 Å². The lowest BCUT2D eigenvalue weighted by Crippen LogP contribution is -2.54. The van der Waals surface area contributed by atoms with Gasteiger partial charge in [0.1, 0.15) is 0 Å². The van der Waals surface area contributed by atoms with Gasteiger partial charge in [-0.15, -0.1) is 0 Å². The molecule has 1 atom stereocenters. The molecule has 12 heavy (non-hydrogen) atoms. The van der Waals surface area contributed by atoms with Crippen molar-refractivity contribution >= 4 is 11.9 Å². The summed E-state index contributed by atoms with van der Waals surface area (Å²) in [6, 6.07) is -0.180. The van der Waals surface area contributed by atoms with E-state index in [1.807, 2.05) is 13.8 Å². The predicted octanol–water partition coefficient (Wildman–Crippen LogP) is 0.536. The molecule has 0 aliphatic carbocycles. The topological polar surface area (TPSA) is 40.6 Å². The smallest absolute Gasteiger partial charge is 0.326 e. The molecule has 1 aliphatic rings. The first-order valence-corrected chi connectivity index (χ1v) is 4.14. The third-order valence-electron chi connectivity index (χ3n) is 2.11. The highest BCUT2D eigenvalue weighted by Gasteiger charge is 2.33. The van der Waals surface area contributed by atoms with Crippen molar-refractivity contribution in [2.75, 3.05) is 20.1 Å². The van der Waals surface area contributed by atoms with Crippen LogP contribution in [0.25, 0.3) is 0 Å². The molecule has 0 N–H and O–H groups in total. The lowest BCUT2D eigenvalue weighted by atomic mass is 10.1. The predicted molar refractivity (Wildman–Crippen MR) is 44.6 cm³/mol. The van der Waals surface area contributed by atoms with Crippen LogP contribution in [-0.4, -0.2) is 41.9 Å². The number of amides is 3. The molecular formula is C8H14N2O2. The first-order chi connectivity index (χ1) is 5.57. The van der Waals surface area contributed by atoms with E-state index in [4.69, 9.17) is 0 Å². The maximum Gasteiger partial charge on any atom is 0.326 e. The highest BCUT2D eigenvalue weighted by atomic mass is 16.2. The molecular weight excluding hydrogens is 156 g/mol. The Balaban J connectivity index is 2.81. The van der Waals surface area contributed by atoms with Gasteiger partial charge in [0, 0.05) is 20.1 Å². The first kappa shape index (κ1) is 9.03. The van der Waals surface area contributed by atoms with Crippen molar-refractivity contribution in [2.45, 2.75) is 13.8 Å². The molecule has 0 spiro atoms. The van der Waals surface area contributed by atoms with Crippen molar-refractivity contribution in [1.82, 2.24) is 9.80 Å². The second kappa shape index (κ2) is 3.13. The Bertz CT molecular complexity index is 195. The van der Waals surface area contributed by atoms with Crippen molar-refractivity contribution in [3.63, 3.8) is 0 Å². The van der Waals surface area contributed by atoms with Gasteiger partial charge in [-0.25, -0.2) is 4.79 Å². The lowest BCUT2D eigenvalue weighted by molar-refractivity contribution is -0.134. The van der Waals surface area contributed by atoms with E-state index in [1.165, 1.54) is 4.90 Å². The van der Waals surface area contributed by atoms with Crippen molar-refractivity contribution < 1.29 is 9.59 Å². The monoisotopic (exact) mass is 170 g/mol. The van der Waals surface area contributed by atoms with Gasteiger partial charge in [-0.3, -0.25) is 9.69 Å². The average Bonchev–Trinajstić information content (AvgIpc) is 2.02. The van der Waals surface area contributed by atoms with Crippen molar-refractivity contribution in [1.29, 1.82) is 0 Å². The van der Waals surface area contributed by atoms with Crippen LogP contribution in [0.3, 0.4) is 0 Å². The summed E-state index contributed by atoms with van der Waals surface area (Å²) < 4.78 is 0. The second-order valence-corrected chi connectivity index (χ2v) is 3.15. The molecule has 1 aliphatic heterocycles. The van der Waals surface area contributed by atoms with Crippen LogP contribution in [0.2, 0.25) is 0 Å². The maximum atomic E-state index is 11.4. The Kier molecular flexibility index (Phi) is 2.35. The van der Waals surface area contributed by atoms with E-state index in [0.717, 1.165) is 0 Å². The van der Waals surface area contributed by atoms with E-state index >= 15 is 0 Å². The van der Waals surface area contributed by atoms with Crippen molar-refractivity contribution in [3.05, 3.63) is 0 Å². The fourth-order valence-electron chi connectivity index (χ4n) is 1.42. The molecule has 0 saturated carbocycles. The van der Waals surface area contributed by atoms with E-state index in [9.17, 15) is 9.59 Å². The minimum absolute atomic E-state index is 0.0550. The molecule has 1 fully saturated rings. The normalized spacial score (nSPS) is 25.1.